The topological polar surface area (TPSA) is 32.3 Å². The van der Waals surface area contributed by atoms with Gasteiger partial charge in [0.15, 0.2) is 5.11 Å². The van der Waals surface area contributed by atoms with E-state index in [-0.39, 0.29) is 15.8 Å². The zero-order valence-corrected chi connectivity index (χ0v) is 13.0. The Kier molecular flexibility index (Phi) is 6.27. The first-order valence-electron chi connectivity index (χ1n) is 5.90. The van der Waals surface area contributed by atoms with Gasteiger partial charge >= 0.3 is 0 Å². The van der Waals surface area contributed by atoms with Gasteiger partial charge < -0.3 is 5.32 Å². The summed E-state index contributed by atoms with van der Waals surface area (Å²) >= 11 is 11.0. The summed E-state index contributed by atoms with van der Waals surface area (Å²) in [6.07, 6.45) is 3.44. The van der Waals surface area contributed by atoms with Crippen LogP contribution in [-0.2, 0) is 4.79 Å². The van der Waals surface area contributed by atoms with Crippen LogP contribution in [0.3, 0.4) is 0 Å². The molecule has 1 rings (SSSR count). The Bertz CT molecular complexity index is 628. The number of hydrogen-bond donors (Lipinski definition) is 1. The van der Waals surface area contributed by atoms with E-state index in [1.54, 1.807) is 13.0 Å². The molecule has 0 aliphatic heterocycles. The van der Waals surface area contributed by atoms with Crippen LogP contribution in [0, 0.1) is 12.7 Å². The van der Waals surface area contributed by atoms with Crippen molar-refractivity contribution in [2.75, 3.05) is 5.32 Å². The molecule has 0 saturated heterocycles. The fraction of sp³-hybridized carbons (Fsp3) is 0.0667. The first kappa shape index (κ1) is 17.1. The van der Waals surface area contributed by atoms with E-state index in [9.17, 15) is 9.18 Å². The maximum Gasteiger partial charge on any atom is 0.220 e. The number of halogens is 2. The number of thiocarbonyl (C=S) groups is 1. The molecule has 0 aromatic heterocycles. The molecule has 1 aromatic rings. The van der Waals surface area contributed by atoms with Crippen molar-refractivity contribution in [2.45, 2.75) is 6.92 Å². The predicted molar refractivity (Wildman–Crippen MR) is 88.5 cm³/mol. The lowest BCUT2D eigenvalue weighted by atomic mass is 10.2. The van der Waals surface area contributed by atoms with E-state index >= 15 is 0 Å². The van der Waals surface area contributed by atoms with Crippen molar-refractivity contribution in [1.82, 2.24) is 4.90 Å². The number of nitrogens with zero attached hydrogens (tertiary/aromatic N) is 1. The Labute approximate surface area is 133 Å². The fourth-order valence-corrected chi connectivity index (χ4v) is 1.94. The number of aryl methyl sites for hydroxylation is 1. The van der Waals surface area contributed by atoms with Gasteiger partial charge in [0.2, 0.25) is 6.41 Å². The van der Waals surface area contributed by atoms with Gasteiger partial charge in [-0.25, -0.2) is 4.39 Å². The van der Waals surface area contributed by atoms with Gasteiger partial charge in [-0.05, 0) is 42.9 Å². The average Bonchev–Trinajstić information content (AvgIpc) is 2.42. The fourth-order valence-electron chi connectivity index (χ4n) is 1.53. The molecule has 0 saturated carbocycles. The summed E-state index contributed by atoms with van der Waals surface area (Å²) in [5.74, 6) is -0.410. The molecule has 1 amide bonds. The van der Waals surface area contributed by atoms with Gasteiger partial charge in [0.05, 0.1) is 10.7 Å². The molecule has 0 bridgehead atoms. The third kappa shape index (κ3) is 4.51. The Hall–Kier alpha value is -1.98. The quantitative estimate of drug-likeness (QED) is 0.502. The van der Waals surface area contributed by atoms with Crippen LogP contribution in [0.5, 0.6) is 0 Å². The minimum atomic E-state index is -0.410. The van der Waals surface area contributed by atoms with E-state index < -0.39 is 5.82 Å². The smallest absolute Gasteiger partial charge is 0.220 e. The minimum absolute atomic E-state index is 0.0496. The molecule has 0 atom stereocenters. The van der Waals surface area contributed by atoms with Gasteiger partial charge in [0.1, 0.15) is 5.82 Å². The minimum Gasteiger partial charge on any atom is -0.332 e. The van der Waals surface area contributed by atoms with E-state index in [4.69, 9.17) is 23.8 Å². The second-order valence-electron chi connectivity index (χ2n) is 4.06. The van der Waals surface area contributed by atoms with Crippen molar-refractivity contribution in [3.05, 3.63) is 65.6 Å². The molecule has 0 radical (unpaired) electrons. The molecule has 0 fully saturated rings. The molecule has 0 aliphatic carbocycles. The number of carbonyl (C=O) groups excluding carboxylic acids is 1. The highest BCUT2D eigenvalue weighted by Gasteiger charge is 2.16. The maximum atomic E-state index is 13.3. The molecule has 110 valence electrons. The van der Waals surface area contributed by atoms with E-state index in [0.29, 0.717) is 12.1 Å². The third-order valence-electron chi connectivity index (χ3n) is 2.58. The van der Waals surface area contributed by atoms with Crippen LogP contribution >= 0.6 is 23.8 Å². The second kappa shape index (κ2) is 7.71. The molecule has 6 heteroatoms. The summed E-state index contributed by atoms with van der Waals surface area (Å²) < 4.78 is 13.3. The molecule has 3 nitrogen and oxygen atoms in total. The maximum absolute atomic E-state index is 13.3. The highest BCUT2D eigenvalue weighted by Crippen LogP contribution is 2.20. The first-order valence-corrected chi connectivity index (χ1v) is 6.68. The lowest BCUT2D eigenvalue weighted by Crippen LogP contribution is -2.33. The number of hydrogen-bond acceptors (Lipinski definition) is 2. The number of nitrogens with one attached hydrogen (secondary N) is 1. The molecule has 1 aromatic carbocycles. The van der Waals surface area contributed by atoms with Crippen molar-refractivity contribution in [2.24, 2.45) is 0 Å². The summed E-state index contributed by atoms with van der Waals surface area (Å²) in [6, 6.07) is 4.23. The number of amides is 1. The van der Waals surface area contributed by atoms with Crippen molar-refractivity contribution >= 4 is 41.0 Å². The molecule has 0 aliphatic rings. The zero-order valence-electron chi connectivity index (χ0n) is 11.4. The summed E-state index contributed by atoms with van der Waals surface area (Å²) in [7, 11) is 0. The number of anilines is 1. The number of benzene rings is 1. The molecular weight excluding hydrogens is 311 g/mol. The number of allylic oxidation sites excluding steroid dienone is 3. The van der Waals surface area contributed by atoms with Gasteiger partial charge in [-0.15, -0.1) is 0 Å². The van der Waals surface area contributed by atoms with E-state index in [1.165, 1.54) is 24.3 Å². The van der Waals surface area contributed by atoms with Crippen LogP contribution in [0.1, 0.15) is 5.56 Å². The Morgan fingerprint density at radius 2 is 2.19 bits per heavy atom. The predicted octanol–water partition coefficient (Wildman–Crippen LogP) is 4.11. The Morgan fingerprint density at radius 3 is 2.71 bits per heavy atom. The van der Waals surface area contributed by atoms with Crippen LogP contribution in [0.4, 0.5) is 10.1 Å². The average molecular weight is 325 g/mol. The Balaban J connectivity index is 3.07. The van der Waals surface area contributed by atoms with Crippen LogP contribution in [-0.4, -0.2) is 16.4 Å². The SMILES string of the molecule is C=C/C=C(\C(=C)Cl)N(C=O)C(=S)Nc1cc(F)ccc1C. The highest BCUT2D eigenvalue weighted by molar-refractivity contribution is 7.80. The van der Waals surface area contributed by atoms with Gasteiger partial charge in [-0.1, -0.05) is 36.9 Å². The van der Waals surface area contributed by atoms with Crippen LogP contribution < -0.4 is 5.32 Å². The summed E-state index contributed by atoms with van der Waals surface area (Å²) in [6.45, 7) is 8.89. The highest BCUT2D eigenvalue weighted by atomic mass is 35.5. The Morgan fingerprint density at radius 1 is 1.52 bits per heavy atom. The largest absolute Gasteiger partial charge is 0.332 e. The van der Waals surface area contributed by atoms with E-state index in [1.807, 2.05) is 0 Å². The van der Waals surface area contributed by atoms with E-state index in [0.717, 1.165) is 10.5 Å². The number of carbonyl (C=O) groups is 1. The van der Waals surface area contributed by atoms with Gasteiger partial charge in [0.25, 0.3) is 0 Å². The first-order chi connectivity index (χ1) is 9.90. The van der Waals surface area contributed by atoms with Gasteiger partial charge in [-0.3, -0.25) is 9.69 Å². The lowest BCUT2D eigenvalue weighted by Gasteiger charge is -2.22. The van der Waals surface area contributed by atoms with Gasteiger partial charge in [0, 0.05) is 5.69 Å². The molecule has 0 spiro atoms. The molecule has 0 unspecified atom stereocenters. The molecular formula is C15H14ClFN2OS. The monoisotopic (exact) mass is 324 g/mol. The molecule has 1 N–H and O–H groups in total. The summed E-state index contributed by atoms with van der Waals surface area (Å²) in [4.78, 5) is 12.4. The standard InChI is InChI=1S/C15H14ClFN2OS/c1-4-5-14(11(3)16)19(9-20)15(21)18-13-8-12(17)7-6-10(13)2/h4-9H,1,3H2,2H3,(H,18,21)/b14-5+. The van der Waals surface area contributed by atoms with Crippen molar-refractivity contribution in [3.63, 3.8) is 0 Å². The normalized spacial score (nSPS) is 10.7. The lowest BCUT2D eigenvalue weighted by molar-refractivity contribution is -0.113. The van der Waals surface area contributed by atoms with Crippen LogP contribution in [0.15, 0.2) is 54.2 Å². The van der Waals surface area contributed by atoms with Crippen molar-refractivity contribution < 1.29 is 9.18 Å². The molecule has 0 heterocycles. The second-order valence-corrected chi connectivity index (χ2v) is 4.90. The van der Waals surface area contributed by atoms with Crippen LogP contribution in [0.25, 0.3) is 0 Å². The summed E-state index contributed by atoms with van der Waals surface area (Å²) in [5, 5.41) is 2.98. The van der Waals surface area contributed by atoms with E-state index in [2.05, 4.69) is 18.5 Å². The number of rotatable bonds is 5. The van der Waals surface area contributed by atoms with Crippen LogP contribution in [0.2, 0.25) is 0 Å². The zero-order chi connectivity index (χ0) is 16.0. The van der Waals surface area contributed by atoms with Crippen molar-refractivity contribution in [3.8, 4) is 0 Å². The van der Waals surface area contributed by atoms with Crippen molar-refractivity contribution in [1.29, 1.82) is 0 Å². The molecule has 21 heavy (non-hydrogen) atoms. The summed E-state index contributed by atoms with van der Waals surface area (Å²) in [5.41, 5.74) is 1.53. The third-order valence-corrected chi connectivity index (χ3v) is 3.07. The van der Waals surface area contributed by atoms with Gasteiger partial charge in [-0.2, -0.15) is 0 Å².